The van der Waals surface area contributed by atoms with Crippen molar-refractivity contribution in [1.82, 2.24) is 0 Å². The molecule has 0 amide bonds. The molecule has 0 aromatic heterocycles. The van der Waals surface area contributed by atoms with Crippen molar-refractivity contribution in [2.24, 2.45) is 0 Å². The van der Waals surface area contributed by atoms with Gasteiger partial charge in [-0.1, -0.05) is 92.3 Å². The van der Waals surface area contributed by atoms with Crippen molar-refractivity contribution in [3.8, 4) is 33.8 Å². The van der Waals surface area contributed by atoms with E-state index in [9.17, 15) is 0 Å². The van der Waals surface area contributed by atoms with Crippen molar-refractivity contribution in [3.63, 3.8) is 0 Å². The van der Waals surface area contributed by atoms with E-state index in [4.69, 9.17) is 4.74 Å². The number of benzene rings is 5. The van der Waals surface area contributed by atoms with Crippen molar-refractivity contribution in [3.05, 3.63) is 108 Å². The Bertz CT molecular complexity index is 1590. The molecule has 1 aliphatic heterocycles. The first-order valence-corrected chi connectivity index (χ1v) is 12.2. The molecule has 1 heterocycles. The molecule has 0 saturated heterocycles. The Morgan fingerprint density at radius 1 is 0.636 bits per heavy atom. The van der Waals surface area contributed by atoms with Gasteiger partial charge in [0.15, 0.2) is 0 Å². The van der Waals surface area contributed by atoms with Gasteiger partial charge in [-0.15, -0.1) is 0 Å². The van der Waals surface area contributed by atoms with Crippen LogP contribution < -0.4 is 4.74 Å². The molecule has 2 aliphatic rings. The van der Waals surface area contributed by atoms with E-state index in [1.165, 1.54) is 53.9 Å². The molecule has 1 nitrogen and oxygen atoms in total. The summed E-state index contributed by atoms with van der Waals surface area (Å²) in [6, 6.07) is 35.1. The van der Waals surface area contributed by atoms with Crippen LogP contribution in [0.5, 0.6) is 11.5 Å². The maximum Gasteiger partial charge on any atom is 0.149 e. The molecule has 33 heavy (non-hydrogen) atoms. The number of fused-ring (bicyclic) bond motifs is 7. The van der Waals surface area contributed by atoms with Crippen LogP contribution in [0.1, 0.15) is 25.0 Å². The molecule has 0 spiro atoms. The highest BCUT2D eigenvalue weighted by Gasteiger charge is 2.39. The number of hydrogen-bond acceptors (Lipinski definition) is 2. The van der Waals surface area contributed by atoms with Gasteiger partial charge >= 0.3 is 0 Å². The molecule has 0 bridgehead atoms. The number of para-hydroxylation sites is 1. The van der Waals surface area contributed by atoms with Gasteiger partial charge < -0.3 is 4.74 Å². The van der Waals surface area contributed by atoms with E-state index in [0.717, 1.165) is 11.5 Å². The first-order chi connectivity index (χ1) is 16.1. The molecule has 158 valence electrons. The van der Waals surface area contributed by atoms with E-state index in [-0.39, 0.29) is 5.41 Å². The molecule has 0 unspecified atom stereocenters. The van der Waals surface area contributed by atoms with E-state index in [1.807, 2.05) is 6.07 Å². The molecule has 0 atom stereocenters. The molecule has 0 radical (unpaired) electrons. The van der Waals surface area contributed by atoms with Gasteiger partial charge in [0.05, 0.1) is 9.79 Å². The predicted molar refractivity (Wildman–Crippen MR) is 138 cm³/mol. The number of rotatable bonds is 1. The van der Waals surface area contributed by atoms with Crippen molar-refractivity contribution in [2.45, 2.75) is 29.1 Å². The standard InChI is InChI=1S/C31H22OS/c1-31(2)24-15-16-28-30(32-26-9-5-6-10-27(26)33-28)29(24)23-14-13-22(18-25(23)31)21-12-11-19-7-3-4-8-20(19)17-21/h3-18H,1-2H3. The van der Waals surface area contributed by atoms with E-state index in [1.54, 1.807) is 11.8 Å². The van der Waals surface area contributed by atoms with E-state index >= 15 is 0 Å². The smallest absolute Gasteiger partial charge is 0.149 e. The van der Waals surface area contributed by atoms with Crippen LogP contribution in [0, 0.1) is 0 Å². The normalized spacial score (nSPS) is 14.7. The van der Waals surface area contributed by atoms with Crippen LogP contribution in [0.25, 0.3) is 33.0 Å². The minimum Gasteiger partial charge on any atom is -0.454 e. The fourth-order valence-corrected chi connectivity index (χ4v) is 6.32. The third-order valence-electron chi connectivity index (χ3n) is 7.12. The molecule has 7 rings (SSSR count). The Labute approximate surface area is 198 Å². The Kier molecular flexibility index (Phi) is 3.89. The molecular weight excluding hydrogens is 420 g/mol. The molecule has 0 N–H and O–H groups in total. The predicted octanol–water partition coefficient (Wildman–Crippen LogP) is 9.07. The first kappa shape index (κ1) is 19.0. The third-order valence-corrected chi connectivity index (χ3v) is 8.22. The maximum absolute atomic E-state index is 6.51. The Morgan fingerprint density at radius 2 is 1.39 bits per heavy atom. The van der Waals surface area contributed by atoms with Crippen LogP contribution in [-0.2, 0) is 5.41 Å². The van der Waals surface area contributed by atoms with Gasteiger partial charge in [0.25, 0.3) is 0 Å². The van der Waals surface area contributed by atoms with Crippen LogP contribution >= 0.6 is 11.8 Å². The summed E-state index contributed by atoms with van der Waals surface area (Å²) in [6.07, 6.45) is 0. The van der Waals surface area contributed by atoms with Gasteiger partial charge in [-0.05, 0) is 68.9 Å². The SMILES string of the molecule is CC1(C)c2cc(-c3ccc4ccccc4c3)ccc2-c2c1ccc1c2Oc2ccccc2S1. The van der Waals surface area contributed by atoms with Gasteiger partial charge in [0.2, 0.25) is 0 Å². The summed E-state index contributed by atoms with van der Waals surface area (Å²) < 4.78 is 6.51. The summed E-state index contributed by atoms with van der Waals surface area (Å²) in [7, 11) is 0. The molecule has 1 aliphatic carbocycles. The second-order valence-corrected chi connectivity index (χ2v) is 10.5. The van der Waals surface area contributed by atoms with Crippen LogP contribution in [0.15, 0.2) is 107 Å². The highest BCUT2D eigenvalue weighted by atomic mass is 32.2. The zero-order chi connectivity index (χ0) is 22.2. The fraction of sp³-hybridized carbons (Fsp3) is 0.0968. The lowest BCUT2D eigenvalue weighted by atomic mass is 9.81. The zero-order valence-corrected chi connectivity index (χ0v) is 19.4. The van der Waals surface area contributed by atoms with Crippen LogP contribution in [0.4, 0.5) is 0 Å². The molecule has 5 aromatic carbocycles. The highest BCUT2D eigenvalue weighted by Crippen LogP contribution is 2.58. The molecule has 5 aromatic rings. The lowest BCUT2D eigenvalue weighted by Gasteiger charge is -2.25. The Balaban J connectivity index is 1.39. The van der Waals surface area contributed by atoms with E-state index in [0.29, 0.717) is 0 Å². The Morgan fingerprint density at radius 3 is 2.30 bits per heavy atom. The second kappa shape index (κ2) is 6.76. The number of ether oxygens (including phenoxy) is 1. The van der Waals surface area contributed by atoms with Gasteiger partial charge in [-0.25, -0.2) is 0 Å². The summed E-state index contributed by atoms with van der Waals surface area (Å²) in [5, 5.41) is 2.55. The first-order valence-electron chi connectivity index (χ1n) is 11.4. The van der Waals surface area contributed by atoms with E-state index in [2.05, 4.69) is 105 Å². The van der Waals surface area contributed by atoms with Gasteiger partial charge in [0.1, 0.15) is 11.5 Å². The zero-order valence-electron chi connectivity index (χ0n) is 18.6. The number of hydrogen-bond donors (Lipinski definition) is 0. The summed E-state index contributed by atoms with van der Waals surface area (Å²) in [4.78, 5) is 2.36. The molecule has 0 fully saturated rings. The second-order valence-electron chi connectivity index (χ2n) is 9.41. The summed E-state index contributed by atoms with van der Waals surface area (Å²) in [6.45, 7) is 4.66. The fourth-order valence-electron chi connectivity index (χ4n) is 5.35. The minimum atomic E-state index is -0.0858. The molecule has 2 heteroatoms. The summed E-state index contributed by atoms with van der Waals surface area (Å²) >= 11 is 1.80. The van der Waals surface area contributed by atoms with Crippen molar-refractivity contribution in [2.75, 3.05) is 0 Å². The largest absolute Gasteiger partial charge is 0.454 e. The minimum absolute atomic E-state index is 0.0858. The average molecular weight is 443 g/mol. The third kappa shape index (κ3) is 2.74. The van der Waals surface area contributed by atoms with Crippen LogP contribution in [-0.4, -0.2) is 0 Å². The van der Waals surface area contributed by atoms with E-state index < -0.39 is 0 Å². The lowest BCUT2D eigenvalue weighted by molar-refractivity contribution is 0.455. The van der Waals surface area contributed by atoms with Gasteiger partial charge in [-0.2, -0.15) is 0 Å². The Hall–Kier alpha value is -3.49. The van der Waals surface area contributed by atoms with Crippen molar-refractivity contribution in [1.29, 1.82) is 0 Å². The topological polar surface area (TPSA) is 9.23 Å². The summed E-state index contributed by atoms with van der Waals surface area (Å²) in [5.74, 6) is 1.95. The highest BCUT2D eigenvalue weighted by molar-refractivity contribution is 7.99. The van der Waals surface area contributed by atoms with Crippen LogP contribution in [0.3, 0.4) is 0 Å². The quantitative estimate of drug-likeness (QED) is 0.251. The average Bonchev–Trinajstić information content (AvgIpc) is 3.09. The monoisotopic (exact) mass is 442 g/mol. The lowest BCUT2D eigenvalue weighted by Crippen LogP contribution is -2.15. The maximum atomic E-state index is 6.51. The van der Waals surface area contributed by atoms with Crippen LogP contribution in [0.2, 0.25) is 0 Å². The van der Waals surface area contributed by atoms with Crippen molar-refractivity contribution >= 4 is 22.5 Å². The van der Waals surface area contributed by atoms with Gasteiger partial charge in [-0.3, -0.25) is 0 Å². The van der Waals surface area contributed by atoms with Crippen molar-refractivity contribution < 1.29 is 4.74 Å². The van der Waals surface area contributed by atoms with Gasteiger partial charge in [0, 0.05) is 11.0 Å². The molecular formula is C31H22OS. The molecule has 0 saturated carbocycles. The summed E-state index contributed by atoms with van der Waals surface area (Å²) in [5.41, 5.74) is 7.67.